The van der Waals surface area contributed by atoms with Gasteiger partial charge >= 0.3 is 0 Å². The van der Waals surface area contributed by atoms with E-state index in [0.717, 1.165) is 5.56 Å². The van der Waals surface area contributed by atoms with Gasteiger partial charge in [-0.1, -0.05) is 47.3 Å². The Labute approximate surface area is 170 Å². The van der Waals surface area contributed by atoms with Gasteiger partial charge in [0.25, 0.3) is 5.89 Å². The number of nitrogens with zero attached hydrogens (tertiary/aromatic N) is 3. The smallest absolute Gasteiger partial charge is 0.259 e. The first-order valence-electron chi connectivity index (χ1n) is 8.71. The summed E-state index contributed by atoms with van der Waals surface area (Å²) in [5, 5.41) is 7.39. The van der Waals surface area contributed by atoms with Crippen molar-refractivity contribution >= 4 is 23.4 Å². The first-order chi connectivity index (χ1) is 14.2. The maximum atomic E-state index is 12.9. The lowest BCUT2D eigenvalue weighted by atomic mass is 10.2. The Morgan fingerprint density at radius 3 is 2.52 bits per heavy atom. The minimum Gasteiger partial charge on any atom is -0.334 e. The Kier molecular flexibility index (Phi) is 5.62. The molecule has 1 N–H and O–H groups in total. The van der Waals surface area contributed by atoms with Crippen molar-refractivity contribution < 1.29 is 13.7 Å². The van der Waals surface area contributed by atoms with Crippen LogP contribution in [0.2, 0.25) is 0 Å². The molecule has 0 atom stereocenters. The molecule has 0 saturated carbocycles. The third kappa shape index (κ3) is 4.85. The van der Waals surface area contributed by atoms with E-state index in [4.69, 9.17) is 4.52 Å². The van der Waals surface area contributed by atoms with E-state index in [-0.39, 0.29) is 17.5 Å². The summed E-state index contributed by atoms with van der Waals surface area (Å²) in [6, 6.07) is 18.8. The average Bonchev–Trinajstić information content (AvgIpc) is 3.25. The van der Waals surface area contributed by atoms with Crippen molar-refractivity contribution in [3.63, 3.8) is 0 Å². The van der Waals surface area contributed by atoms with Crippen LogP contribution in [-0.4, -0.2) is 26.8 Å². The molecule has 0 spiro atoms. The zero-order chi connectivity index (χ0) is 20.1. The highest BCUT2D eigenvalue weighted by Gasteiger charge is 2.11. The molecule has 0 aliphatic heterocycles. The van der Waals surface area contributed by atoms with Gasteiger partial charge in [0.2, 0.25) is 11.7 Å². The Bertz CT molecular complexity index is 1100. The SMILES string of the molecule is O=C(CSc1ccc(-c2nc(-c3ccccc3)no2)cn1)Nc1ccc(F)cc1. The van der Waals surface area contributed by atoms with Crippen LogP contribution in [0.5, 0.6) is 0 Å². The summed E-state index contributed by atoms with van der Waals surface area (Å²) in [6.07, 6.45) is 1.63. The third-order valence-corrected chi connectivity index (χ3v) is 4.86. The van der Waals surface area contributed by atoms with Crippen LogP contribution in [0.1, 0.15) is 0 Å². The normalized spacial score (nSPS) is 10.7. The molecule has 144 valence electrons. The molecule has 0 aliphatic rings. The first kappa shape index (κ1) is 18.8. The lowest BCUT2D eigenvalue weighted by molar-refractivity contribution is -0.113. The van der Waals surface area contributed by atoms with E-state index in [1.54, 1.807) is 12.3 Å². The molecule has 2 aromatic carbocycles. The maximum absolute atomic E-state index is 12.9. The Morgan fingerprint density at radius 1 is 1.00 bits per heavy atom. The summed E-state index contributed by atoms with van der Waals surface area (Å²) < 4.78 is 18.2. The van der Waals surface area contributed by atoms with Crippen molar-refractivity contribution in [3.05, 3.63) is 78.7 Å². The van der Waals surface area contributed by atoms with Crippen LogP contribution in [0.3, 0.4) is 0 Å². The van der Waals surface area contributed by atoms with Crippen LogP contribution >= 0.6 is 11.8 Å². The van der Waals surface area contributed by atoms with E-state index in [1.165, 1.54) is 36.0 Å². The number of amides is 1. The second-order valence-corrected chi connectivity index (χ2v) is 7.01. The number of benzene rings is 2. The van der Waals surface area contributed by atoms with Gasteiger partial charge < -0.3 is 9.84 Å². The highest BCUT2D eigenvalue weighted by atomic mass is 32.2. The molecule has 0 bridgehead atoms. The zero-order valence-corrected chi connectivity index (χ0v) is 15.9. The largest absolute Gasteiger partial charge is 0.334 e. The number of nitrogens with one attached hydrogen (secondary N) is 1. The fraction of sp³-hybridized carbons (Fsp3) is 0.0476. The summed E-state index contributed by atoms with van der Waals surface area (Å²) in [5.74, 6) is 0.525. The van der Waals surface area contributed by atoms with Gasteiger partial charge in [-0.2, -0.15) is 4.98 Å². The highest BCUT2D eigenvalue weighted by Crippen LogP contribution is 2.23. The molecule has 0 aliphatic carbocycles. The molecule has 6 nitrogen and oxygen atoms in total. The van der Waals surface area contributed by atoms with Gasteiger partial charge in [-0.3, -0.25) is 4.79 Å². The van der Waals surface area contributed by atoms with E-state index < -0.39 is 0 Å². The number of carbonyl (C=O) groups is 1. The molecule has 0 fully saturated rings. The van der Waals surface area contributed by atoms with Gasteiger partial charge in [0.1, 0.15) is 5.82 Å². The fourth-order valence-corrected chi connectivity index (χ4v) is 3.15. The number of hydrogen-bond donors (Lipinski definition) is 1. The zero-order valence-electron chi connectivity index (χ0n) is 15.1. The van der Waals surface area contributed by atoms with Crippen molar-refractivity contribution in [1.29, 1.82) is 0 Å². The summed E-state index contributed by atoms with van der Waals surface area (Å²) in [5.41, 5.74) is 2.11. The van der Waals surface area contributed by atoms with Gasteiger partial charge in [-0.15, -0.1) is 0 Å². The summed E-state index contributed by atoms with van der Waals surface area (Å²) >= 11 is 1.29. The Balaban J connectivity index is 1.35. The molecule has 0 unspecified atom stereocenters. The van der Waals surface area contributed by atoms with Gasteiger partial charge in [0.15, 0.2) is 0 Å². The van der Waals surface area contributed by atoms with Crippen molar-refractivity contribution in [1.82, 2.24) is 15.1 Å². The van der Waals surface area contributed by atoms with Crippen LogP contribution in [0.25, 0.3) is 22.8 Å². The number of anilines is 1. The van der Waals surface area contributed by atoms with Crippen LogP contribution in [0.15, 0.2) is 82.5 Å². The topological polar surface area (TPSA) is 80.9 Å². The van der Waals surface area contributed by atoms with Crippen LogP contribution in [0.4, 0.5) is 10.1 Å². The van der Waals surface area contributed by atoms with Crippen LogP contribution in [0, 0.1) is 5.82 Å². The number of thioether (sulfide) groups is 1. The predicted octanol–water partition coefficient (Wildman–Crippen LogP) is 4.67. The molecule has 4 aromatic rings. The number of rotatable bonds is 6. The minimum absolute atomic E-state index is 0.183. The number of aromatic nitrogens is 3. The first-order valence-corrected chi connectivity index (χ1v) is 9.70. The van der Waals surface area contributed by atoms with E-state index in [9.17, 15) is 9.18 Å². The van der Waals surface area contributed by atoms with Crippen molar-refractivity contribution in [2.75, 3.05) is 11.1 Å². The maximum Gasteiger partial charge on any atom is 0.259 e. The second kappa shape index (κ2) is 8.66. The molecular formula is C21H15FN4O2S. The summed E-state index contributed by atoms with van der Waals surface area (Å²) in [4.78, 5) is 20.7. The minimum atomic E-state index is -0.348. The van der Waals surface area contributed by atoms with E-state index >= 15 is 0 Å². The van der Waals surface area contributed by atoms with Crippen LogP contribution < -0.4 is 5.32 Å². The molecular weight excluding hydrogens is 391 g/mol. The molecule has 4 rings (SSSR count). The number of halogens is 1. The lowest BCUT2D eigenvalue weighted by Crippen LogP contribution is -2.14. The predicted molar refractivity (Wildman–Crippen MR) is 109 cm³/mol. The number of hydrogen-bond acceptors (Lipinski definition) is 6. The van der Waals surface area contributed by atoms with Crippen molar-refractivity contribution in [2.45, 2.75) is 5.03 Å². The molecule has 2 heterocycles. The van der Waals surface area contributed by atoms with Gasteiger partial charge in [-0.05, 0) is 36.4 Å². The quantitative estimate of drug-likeness (QED) is 0.469. The fourth-order valence-electron chi connectivity index (χ4n) is 2.51. The van der Waals surface area contributed by atoms with E-state index in [0.29, 0.717) is 28.0 Å². The lowest BCUT2D eigenvalue weighted by Gasteiger charge is -2.05. The Hall–Kier alpha value is -3.52. The van der Waals surface area contributed by atoms with E-state index in [1.807, 2.05) is 36.4 Å². The highest BCUT2D eigenvalue weighted by molar-refractivity contribution is 7.99. The third-order valence-electron chi connectivity index (χ3n) is 3.92. The molecule has 2 aromatic heterocycles. The van der Waals surface area contributed by atoms with Gasteiger partial charge in [-0.25, -0.2) is 9.37 Å². The molecule has 0 saturated heterocycles. The molecule has 29 heavy (non-hydrogen) atoms. The van der Waals surface area contributed by atoms with Gasteiger partial charge in [0, 0.05) is 17.4 Å². The Morgan fingerprint density at radius 2 is 1.79 bits per heavy atom. The number of carbonyl (C=O) groups excluding carboxylic acids is 1. The number of pyridine rings is 1. The van der Waals surface area contributed by atoms with Crippen molar-refractivity contribution in [3.8, 4) is 22.8 Å². The van der Waals surface area contributed by atoms with Gasteiger partial charge in [0.05, 0.1) is 16.3 Å². The van der Waals surface area contributed by atoms with Crippen molar-refractivity contribution in [2.24, 2.45) is 0 Å². The molecule has 0 radical (unpaired) electrons. The van der Waals surface area contributed by atoms with E-state index in [2.05, 4.69) is 20.4 Å². The molecule has 1 amide bonds. The average molecular weight is 406 g/mol. The monoisotopic (exact) mass is 406 g/mol. The second-order valence-electron chi connectivity index (χ2n) is 6.02. The molecule has 8 heteroatoms. The summed E-state index contributed by atoms with van der Waals surface area (Å²) in [6.45, 7) is 0. The summed E-state index contributed by atoms with van der Waals surface area (Å²) in [7, 11) is 0. The standard InChI is InChI=1S/C21H15FN4O2S/c22-16-7-9-17(10-8-16)24-18(27)13-29-19-11-6-15(12-23-19)21-25-20(26-28-21)14-4-2-1-3-5-14/h1-12H,13H2,(H,24,27). The van der Waals surface area contributed by atoms with Crippen LogP contribution in [-0.2, 0) is 4.79 Å².